The van der Waals surface area contributed by atoms with Gasteiger partial charge in [-0.3, -0.25) is 4.79 Å². The van der Waals surface area contributed by atoms with Gasteiger partial charge in [0.2, 0.25) is 5.91 Å². The van der Waals surface area contributed by atoms with Gasteiger partial charge in [0.1, 0.15) is 0 Å². The lowest BCUT2D eigenvalue weighted by atomic mass is 9.77. The van der Waals surface area contributed by atoms with Crippen molar-refractivity contribution in [2.45, 2.75) is 32.8 Å². The maximum absolute atomic E-state index is 12.8. The van der Waals surface area contributed by atoms with Gasteiger partial charge in [0.25, 0.3) is 0 Å². The van der Waals surface area contributed by atoms with Crippen molar-refractivity contribution in [3.05, 3.63) is 28.2 Å². The molecular formula is C16H23BrN2O2. The minimum Gasteiger partial charge on any atom is -0.380 e. The second-order valence-corrected chi connectivity index (χ2v) is 6.42. The standard InChI is InChI=1S/C16H23BrN2O2/c1-3-16(8-5-9-18-11-16)15(20)19-14-7-4-6-13(17)12(14)10-21-2/h4,6-7,18H,3,5,8-11H2,1-2H3,(H,19,20). The van der Waals surface area contributed by atoms with Gasteiger partial charge in [-0.25, -0.2) is 0 Å². The van der Waals surface area contributed by atoms with Crippen LogP contribution in [0, 0.1) is 5.41 Å². The predicted octanol–water partition coefficient (Wildman–Crippen LogP) is 3.31. The molecule has 1 saturated heterocycles. The molecular weight excluding hydrogens is 332 g/mol. The SMILES string of the molecule is CCC1(C(=O)Nc2cccc(Br)c2COC)CCCNC1. The fourth-order valence-corrected chi connectivity index (χ4v) is 3.33. The molecule has 116 valence electrons. The third-order valence-electron chi connectivity index (χ3n) is 4.29. The molecule has 0 radical (unpaired) electrons. The van der Waals surface area contributed by atoms with Crippen molar-refractivity contribution >= 4 is 27.5 Å². The number of benzene rings is 1. The lowest BCUT2D eigenvalue weighted by molar-refractivity contribution is -0.126. The predicted molar refractivity (Wildman–Crippen MR) is 88.3 cm³/mol. The molecule has 1 aliphatic heterocycles. The monoisotopic (exact) mass is 354 g/mol. The average Bonchev–Trinajstić information content (AvgIpc) is 2.51. The largest absolute Gasteiger partial charge is 0.380 e. The molecule has 0 aliphatic carbocycles. The summed E-state index contributed by atoms with van der Waals surface area (Å²) in [6.07, 6.45) is 2.83. The van der Waals surface area contributed by atoms with E-state index in [0.717, 1.165) is 48.1 Å². The van der Waals surface area contributed by atoms with Gasteiger partial charge in [-0.15, -0.1) is 0 Å². The van der Waals surface area contributed by atoms with Gasteiger partial charge in [-0.2, -0.15) is 0 Å². The zero-order chi connectivity index (χ0) is 15.3. The van der Waals surface area contributed by atoms with Gasteiger partial charge >= 0.3 is 0 Å². The van der Waals surface area contributed by atoms with Crippen molar-refractivity contribution in [2.24, 2.45) is 5.41 Å². The number of halogens is 1. The van der Waals surface area contributed by atoms with Crippen LogP contribution in [0.1, 0.15) is 31.7 Å². The van der Waals surface area contributed by atoms with E-state index in [1.807, 2.05) is 18.2 Å². The van der Waals surface area contributed by atoms with Crippen LogP contribution in [0.3, 0.4) is 0 Å². The molecule has 2 rings (SSSR count). The van der Waals surface area contributed by atoms with E-state index in [2.05, 4.69) is 33.5 Å². The number of hydrogen-bond acceptors (Lipinski definition) is 3. The fraction of sp³-hybridized carbons (Fsp3) is 0.562. The Morgan fingerprint density at radius 3 is 2.95 bits per heavy atom. The molecule has 1 heterocycles. The highest BCUT2D eigenvalue weighted by molar-refractivity contribution is 9.10. The van der Waals surface area contributed by atoms with Crippen molar-refractivity contribution in [3.8, 4) is 0 Å². The Hall–Kier alpha value is -0.910. The number of rotatable bonds is 5. The van der Waals surface area contributed by atoms with E-state index in [4.69, 9.17) is 4.74 Å². The summed E-state index contributed by atoms with van der Waals surface area (Å²) in [6, 6.07) is 5.81. The van der Waals surface area contributed by atoms with Crippen LogP contribution in [0.2, 0.25) is 0 Å². The Morgan fingerprint density at radius 1 is 1.52 bits per heavy atom. The second-order valence-electron chi connectivity index (χ2n) is 5.57. The molecule has 0 bridgehead atoms. The van der Waals surface area contributed by atoms with Crippen LogP contribution in [-0.4, -0.2) is 26.1 Å². The number of hydrogen-bond donors (Lipinski definition) is 2. The number of amides is 1. The fourth-order valence-electron chi connectivity index (χ4n) is 2.85. The van der Waals surface area contributed by atoms with Gasteiger partial charge in [-0.05, 0) is 37.9 Å². The van der Waals surface area contributed by atoms with Gasteiger partial charge in [0.05, 0.1) is 12.0 Å². The van der Waals surface area contributed by atoms with Gasteiger partial charge in [-0.1, -0.05) is 28.9 Å². The first-order chi connectivity index (χ1) is 10.1. The molecule has 1 amide bonds. The Kier molecular flexibility index (Phi) is 5.79. The van der Waals surface area contributed by atoms with Crippen LogP contribution in [-0.2, 0) is 16.1 Å². The van der Waals surface area contributed by atoms with Gasteiger partial charge < -0.3 is 15.4 Å². The van der Waals surface area contributed by atoms with Crippen molar-refractivity contribution in [1.29, 1.82) is 0 Å². The first-order valence-electron chi connectivity index (χ1n) is 7.41. The van der Waals surface area contributed by atoms with Crippen LogP contribution in [0.25, 0.3) is 0 Å². The number of anilines is 1. The summed E-state index contributed by atoms with van der Waals surface area (Å²) < 4.78 is 6.19. The molecule has 1 aromatic carbocycles. The number of carbonyl (C=O) groups is 1. The summed E-state index contributed by atoms with van der Waals surface area (Å²) in [5.41, 5.74) is 1.50. The third kappa shape index (κ3) is 3.65. The third-order valence-corrected chi connectivity index (χ3v) is 5.03. The Bertz CT molecular complexity index is 499. The normalized spacial score (nSPS) is 22.0. The van der Waals surface area contributed by atoms with Crippen LogP contribution in [0.5, 0.6) is 0 Å². The molecule has 4 nitrogen and oxygen atoms in total. The van der Waals surface area contributed by atoms with E-state index in [1.165, 1.54) is 0 Å². The molecule has 0 aromatic heterocycles. The van der Waals surface area contributed by atoms with E-state index >= 15 is 0 Å². The maximum Gasteiger partial charge on any atom is 0.231 e. The lowest BCUT2D eigenvalue weighted by Crippen LogP contribution is -2.47. The summed E-state index contributed by atoms with van der Waals surface area (Å²) >= 11 is 3.52. The molecule has 1 aliphatic rings. The Labute approximate surface area is 134 Å². The van der Waals surface area contributed by atoms with E-state index in [0.29, 0.717) is 6.61 Å². The number of piperidine rings is 1. The van der Waals surface area contributed by atoms with Crippen LogP contribution in [0.15, 0.2) is 22.7 Å². The van der Waals surface area contributed by atoms with Gasteiger partial charge in [0, 0.05) is 29.4 Å². The molecule has 1 unspecified atom stereocenters. The summed E-state index contributed by atoms with van der Waals surface area (Å²) in [5, 5.41) is 6.46. The zero-order valence-electron chi connectivity index (χ0n) is 12.7. The van der Waals surface area contributed by atoms with E-state index in [1.54, 1.807) is 7.11 Å². The summed E-state index contributed by atoms with van der Waals surface area (Å²) in [5.74, 6) is 0.104. The van der Waals surface area contributed by atoms with Crippen molar-refractivity contribution in [1.82, 2.24) is 5.32 Å². The topological polar surface area (TPSA) is 50.4 Å². The highest BCUT2D eigenvalue weighted by Gasteiger charge is 2.38. The molecule has 1 fully saturated rings. The smallest absolute Gasteiger partial charge is 0.231 e. The highest BCUT2D eigenvalue weighted by atomic mass is 79.9. The molecule has 5 heteroatoms. The first kappa shape index (κ1) is 16.5. The molecule has 21 heavy (non-hydrogen) atoms. The summed E-state index contributed by atoms with van der Waals surface area (Å²) in [7, 11) is 1.66. The van der Waals surface area contributed by atoms with Crippen LogP contribution in [0.4, 0.5) is 5.69 Å². The molecule has 1 atom stereocenters. The number of ether oxygens (including phenoxy) is 1. The van der Waals surface area contributed by atoms with Crippen molar-refractivity contribution in [2.75, 3.05) is 25.5 Å². The van der Waals surface area contributed by atoms with Crippen molar-refractivity contribution in [3.63, 3.8) is 0 Å². The second kappa shape index (κ2) is 7.38. The maximum atomic E-state index is 12.8. The first-order valence-corrected chi connectivity index (χ1v) is 8.21. The zero-order valence-corrected chi connectivity index (χ0v) is 14.3. The highest BCUT2D eigenvalue weighted by Crippen LogP contribution is 2.33. The van der Waals surface area contributed by atoms with E-state index < -0.39 is 0 Å². The molecule has 2 N–H and O–H groups in total. The Balaban J connectivity index is 2.20. The number of carbonyl (C=O) groups excluding carboxylic acids is 1. The van der Waals surface area contributed by atoms with Crippen molar-refractivity contribution < 1.29 is 9.53 Å². The molecule has 1 aromatic rings. The lowest BCUT2D eigenvalue weighted by Gasteiger charge is -2.35. The quantitative estimate of drug-likeness (QED) is 0.852. The summed E-state index contributed by atoms with van der Waals surface area (Å²) in [4.78, 5) is 12.8. The minimum absolute atomic E-state index is 0.104. The number of nitrogens with one attached hydrogen (secondary N) is 2. The molecule has 0 saturated carbocycles. The van der Waals surface area contributed by atoms with E-state index in [-0.39, 0.29) is 11.3 Å². The average molecular weight is 355 g/mol. The Morgan fingerprint density at radius 2 is 2.33 bits per heavy atom. The van der Waals surface area contributed by atoms with Gasteiger partial charge in [0.15, 0.2) is 0 Å². The van der Waals surface area contributed by atoms with E-state index in [9.17, 15) is 4.79 Å². The summed E-state index contributed by atoms with van der Waals surface area (Å²) in [6.45, 7) is 4.31. The van der Waals surface area contributed by atoms with Crippen LogP contribution < -0.4 is 10.6 Å². The van der Waals surface area contributed by atoms with Crippen LogP contribution >= 0.6 is 15.9 Å². The molecule has 0 spiro atoms. The minimum atomic E-state index is -0.301. The number of methoxy groups -OCH3 is 1.